The van der Waals surface area contributed by atoms with E-state index >= 15 is 0 Å². The lowest BCUT2D eigenvalue weighted by Gasteiger charge is -2.13. The first-order valence-electron chi connectivity index (χ1n) is 7.75. The highest BCUT2D eigenvalue weighted by atomic mass is 127. The molecule has 138 valence electrons. The molecule has 0 fully saturated rings. The molecule has 0 saturated heterocycles. The van der Waals surface area contributed by atoms with Gasteiger partial charge in [0.05, 0.1) is 13.2 Å². The molecule has 0 unspecified atom stereocenters. The topological polar surface area (TPSA) is 85.6 Å². The van der Waals surface area contributed by atoms with Crippen molar-refractivity contribution in [2.45, 2.75) is 13.0 Å². The van der Waals surface area contributed by atoms with Gasteiger partial charge >= 0.3 is 0 Å². The molecule has 0 spiro atoms. The van der Waals surface area contributed by atoms with Crippen molar-refractivity contribution in [3.63, 3.8) is 0 Å². The molecule has 1 heterocycles. The Hall–Kier alpha value is -1.88. The highest BCUT2D eigenvalue weighted by molar-refractivity contribution is 14.0. The minimum absolute atomic E-state index is 0. The number of hydrogen-bond donors (Lipinski definition) is 2. The van der Waals surface area contributed by atoms with Crippen LogP contribution < -0.4 is 15.4 Å². The predicted octanol–water partition coefficient (Wildman–Crippen LogP) is 2.04. The van der Waals surface area contributed by atoms with Gasteiger partial charge in [0.1, 0.15) is 12.1 Å². The van der Waals surface area contributed by atoms with Gasteiger partial charge in [0.2, 0.25) is 0 Å². The Balaban J connectivity index is 0.00000312. The largest absolute Gasteiger partial charge is 0.493 e. The van der Waals surface area contributed by atoms with Crippen LogP contribution in [0.25, 0.3) is 0 Å². The molecule has 0 saturated carbocycles. The zero-order valence-corrected chi connectivity index (χ0v) is 17.1. The van der Waals surface area contributed by atoms with Crippen molar-refractivity contribution in [3.05, 3.63) is 36.4 Å². The minimum atomic E-state index is 0. The van der Waals surface area contributed by atoms with E-state index in [-0.39, 0.29) is 24.0 Å². The Morgan fingerprint density at radius 3 is 2.84 bits per heavy atom. The van der Waals surface area contributed by atoms with Gasteiger partial charge in [-0.1, -0.05) is 6.07 Å². The van der Waals surface area contributed by atoms with Gasteiger partial charge in [0.15, 0.2) is 11.8 Å². The average Bonchev–Trinajstić information content (AvgIpc) is 3.01. The van der Waals surface area contributed by atoms with E-state index in [1.807, 2.05) is 35.9 Å². The number of ether oxygens (including phenoxy) is 2. The monoisotopic (exact) mass is 460 g/mol. The molecule has 0 radical (unpaired) electrons. The van der Waals surface area contributed by atoms with Crippen LogP contribution in [0.2, 0.25) is 0 Å². The maximum atomic E-state index is 5.70. The Bertz CT molecular complexity index is 662. The highest BCUT2D eigenvalue weighted by Crippen LogP contribution is 2.17. The summed E-state index contributed by atoms with van der Waals surface area (Å²) in [5.41, 5.74) is 0.894. The molecule has 1 aromatic heterocycles. The molecule has 0 aliphatic carbocycles. The van der Waals surface area contributed by atoms with E-state index < -0.39 is 0 Å². The van der Waals surface area contributed by atoms with E-state index in [1.165, 1.54) is 0 Å². The SMILES string of the molecule is CN=C(NCc1nncn1C)Nc1cccc(OCCCOC)c1.I. The summed E-state index contributed by atoms with van der Waals surface area (Å²) in [4.78, 5) is 4.21. The Morgan fingerprint density at radius 1 is 1.32 bits per heavy atom. The van der Waals surface area contributed by atoms with E-state index in [1.54, 1.807) is 20.5 Å². The second-order valence-electron chi connectivity index (χ2n) is 5.13. The second kappa shape index (κ2) is 11.6. The zero-order valence-electron chi connectivity index (χ0n) is 14.7. The minimum Gasteiger partial charge on any atom is -0.493 e. The van der Waals surface area contributed by atoms with Gasteiger partial charge in [0.25, 0.3) is 0 Å². The third-order valence-electron chi connectivity index (χ3n) is 3.30. The summed E-state index contributed by atoms with van der Waals surface area (Å²) in [7, 11) is 5.30. The number of nitrogens with zero attached hydrogens (tertiary/aromatic N) is 4. The fourth-order valence-corrected chi connectivity index (χ4v) is 2.00. The third-order valence-corrected chi connectivity index (χ3v) is 3.30. The van der Waals surface area contributed by atoms with Crippen molar-refractivity contribution < 1.29 is 9.47 Å². The lowest BCUT2D eigenvalue weighted by atomic mass is 10.3. The summed E-state index contributed by atoms with van der Waals surface area (Å²) < 4.78 is 12.6. The summed E-state index contributed by atoms with van der Waals surface area (Å²) in [6.07, 6.45) is 2.52. The molecule has 0 atom stereocenters. The first-order valence-corrected chi connectivity index (χ1v) is 7.75. The summed E-state index contributed by atoms with van der Waals surface area (Å²) in [5.74, 6) is 2.28. The molecule has 0 aliphatic rings. The molecule has 25 heavy (non-hydrogen) atoms. The first kappa shape index (κ1) is 21.2. The van der Waals surface area contributed by atoms with E-state index in [4.69, 9.17) is 9.47 Å². The fourth-order valence-electron chi connectivity index (χ4n) is 2.00. The van der Waals surface area contributed by atoms with Crippen molar-refractivity contribution in [2.24, 2.45) is 12.0 Å². The van der Waals surface area contributed by atoms with Crippen LogP contribution in [0.15, 0.2) is 35.6 Å². The number of benzene rings is 1. The quantitative estimate of drug-likeness (QED) is 0.272. The van der Waals surface area contributed by atoms with Gasteiger partial charge in [-0.2, -0.15) is 0 Å². The Morgan fingerprint density at radius 2 is 2.16 bits per heavy atom. The van der Waals surface area contributed by atoms with Crippen LogP contribution in [0.4, 0.5) is 5.69 Å². The Kier molecular flexibility index (Phi) is 9.85. The van der Waals surface area contributed by atoms with Gasteiger partial charge in [-0.15, -0.1) is 34.2 Å². The summed E-state index contributed by atoms with van der Waals surface area (Å²) >= 11 is 0. The zero-order chi connectivity index (χ0) is 17.2. The lowest BCUT2D eigenvalue weighted by Crippen LogP contribution is -2.31. The number of aliphatic imine (C=N–C) groups is 1. The van der Waals surface area contributed by atoms with E-state index in [0.717, 1.165) is 23.7 Å². The number of halogens is 1. The van der Waals surface area contributed by atoms with Crippen LogP contribution in [-0.4, -0.2) is 48.1 Å². The number of methoxy groups -OCH3 is 1. The molecule has 0 amide bonds. The maximum absolute atomic E-state index is 5.70. The molecule has 2 rings (SSSR count). The predicted molar refractivity (Wildman–Crippen MR) is 109 cm³/mol. The number of nitrogens with one attached hydrogen (secondary N) is 2. The number of aryl methyl sites for hydroxylation is 1. The van der Waals surface area contributed by atoms with Gasteiger partial charge in [0, 0.05) is 46.0 Å². The van der Waals surface area contributed by atoms with Crippen molar-refractivity contribution in [3.8, 4) is 5.75 Å². The van der Waals surface area contributed by atoms with E-state index in [9.17, 15) is 0 Å². The molecular weight excluding hydrogens is 435 g/mol. The average molecular weight is 460 g/mol. The van der Waals surface area contributed by atoms with E-state index in [0.29, 0.717) is 25.7 Å². The van der Waals surface area contributed by atoms with Crippen molar-refractivity contribution in [2.75, 3.05) is 32.7 Å². The summed E-state index contributed by atoms with van der Waals surface area (Å²) in [6.45, 7) is 1.84. The summed E-state index contributed by atoms with van der Waals surface area (Å²) in [5, 5.41) is 14.3. The molecule has 8 nitrogen and oxygen atoms in total. The molecular formula is C16H25IN6O2. The summed E-state index contributed by atoms with van der Waals surface area (Å²) in [6, 6.07) is 7.75. The molecule has 0 aliphatic heterocycles. The number of aromatic nitrogens is 3. The molecule has 9 heteroatoms. The normalized spacial score (nSPS) is 10.9. The van der Waals surface area contributed by atoms with Gasteiger partial charge < -0.3 is 24.7 Å². The van der Waals surface area contributed by atoms with Crippen molar-refractivity contribution in [1.29, 1.82) is 0 Å². The molecule has 2 N–H and O–H groups in total. The van der Waals surface area contributed by atoms with Crippen LogP contribution in [-0.2, 0) is 18.3 Å². The molecule has 2 aromatic rings. The van der Waals surface area contributed by atoms with Crippen LogP contribution in [0.5, 0.6) is 5.75 Å². The van der Waals surface area contributed by atoms with Crippen LogP contribution in [0.1, 0.15) is 12.2 Å². The Labute approximate surface area is 165 Å². The van der Waals surface area contributed by atoms with Crippen LogP contribution in [0.3, 0.4) is 0 Å². The number of anilines is 1. The van der Waals surface area contributed by atoms with Crippen molar-refractivity contribution in [1.82, 2.24) is 20.1 Å². The smallest absolute Gasteiger partial charge is 0.195 e. The molecule has 0 bridgehead atoms. The van der Waals surface area contributed by atoms with Gasteiger partial charge in [-0.05, 0) is 12.1 Å². The lowest BCUT2D eigenvalue weighted by molar-refractivity contribution is 0.172. The number of hydrogen-bond acceptors (Lipinski definition) is 5. The molecule has 1 aromatic carbocycles. The van der Waals surface area contributed by atoms with Gasteiger partial charge in [-0.25, -0.2) is 0 Å². The number of guanidine groups is 1. The standard InChI is InChI=1S/C16H24N6O2.HI/c1-17-16(18-11-15-21-19-12-22(15)2)20-13-6-4-7-14(10-13)24-9-5-8-23-3;/h4,6-7,10,12H,5,8-9,11H2,1-3H3,(H2,17,18,20);1H. The maximum Gasteiger partial charge on any atom is 0.195 e. The van der Waals surface area contributed by atoms with Crippen LogP contribution in [0, 0.1) is 0 Å². The first-order chi connectivity index (χ1) is 11.7. The fraction of sp³-hybridized carbons (Fsp3) is 0.438. The second-order valence-corrected chi connectivity index (χ2v) is 5.13. The van der Waals surface area contributed by atoms with Gasteiger partial charge in [-0.3, -0.25) is 4.99 Å². The van der Waals surface area contributed by atoms with E-state index in [2.05, 4.69) is 25.8 Å². The van der Waals surface area contributed by atoms with Crippen molar-refractivity contribution >= 4 is 35.6 Å². The third kappa shape index (κ3) is 7.26. The van der Waals surface area contributed by atoms with Crippen LogP contribution >= 0.6 is 24.0 Å². The highest BCUT2D eigenvalue weighted by Gasteiger charge is 2.04. The number of rotatable bonds is 8.